The lowest BCUT2D eigenvalue weighted by molar-refractivity contribution is 0.305. The van der Waals surface area contributed by atoms with Gasteiger partial charge in [-0.05, 0) is 24.6 Å². The van der Waals surface area contributed by atoms with Gasteiger partial charge in [-0.15, -0.1) is 0 Å². The molecule has 0 heterocycles. The van der Waals surface area contributed by atoms with E-state index in [4.69, 9.17) is 16.7 Å². The Labute approximate surface area is 124 Å². The summed E-state index contributed by atoms with van der Waals surface area (Å²) in [5.41, 5.74) is 0.891. The van der Waals surface area contributed by atoms with E-state index < -0.39 is 10.2 Å². The first-order chi connectivity index (χ1) is 9.48. The number of aliphatic hydroxyl groups excluding tert-OH is 1. The number of hydrogen-bond acceptors (Lipinski definition) is 3. The van der Waals surface area contributed by atoms with Crippen LogP contribution in [0.4, 0.5) is 5.69 Å². The third-order valence-corrected chi connectivity index (χ3v) is 3.62. The molecule has 0 aliphatic heterocycles. The fraction of sp³-hybridized carbons (Fsp3) is 0.385. The summed E-state index contributed by atoms with van der Waals surface area (Å²) in [6, 6.07) is 4.81. The Morgan fingerprint density at radius 1 is 1.40 bits per heavy atom. The van der Waals surface area contributed by atoms with Gasteiger partial charge in [0.25, 0.3) is 10.2 Å². The van der Waals surface area contributed by atoms with Crippen molar-refractivity contribution < 1.29 is 13.5 Å². The van der Waals surface area contributed by atoms with Crippen LogP contribution in [0.25, 0.3) is 0 Å². The van der Waals surface area contributed by atoms with E-state index in [2.05, 4.69) is 21.3 Å². The minimum absolute atomic E-state index is 0.0129. The van der Waals surface area contributed by atoms with Crippen LogP contribution in [-0.4, -0.2) is 26.7 Å². The van der Waals surface area contributed by atoms with Crippen LogP contribution >= 0.6 is 11.6 Å². The minimum Gasteiger partial charge on any atom is -0.395 e. The molecule has 0 aliphatic carbocycles. The van der Waals surface area contributed by atoms with Crippen molar-refractivity contribution in [2.24, 2.45) is 0 Å². The van der Waals surface area contributed by atoms with Crippen molar-refractivity contribution in [1.82, 2.24) is 4.72 Å². The van der Waals surface area contributed by atoms with E-state index in [-0.39, 0.29) is 12.3 Å². The Morgan fingerprint density at radius 3 is 2.80 bits per heavy atom. The van der Waals surface area contributed by atoms with Crippen LogP contribution in [0.15, 0.2) is 18.2 Å². The smallest absolute Gasteiger partial charge is 0.299 e. The van der Waals surface area contributed by atoms with Crippen molar-refractivity contribution in [2.75, 3.05) is 17.9 Å². The molecule has 0 atom stereocenters. The molecule has 0 aromatic heterocycles. The van der Waals surface area contributed by atoms with Crippen LogP contribution in [0, 0.1) is 11.8 Å². The van der Waals surface area contributed by atoms with Crippen molar-refractivity contribution in [2.45, 2.75) is 19.8 Å². The number of halogens is 1. The van der Waals surface area contributed by atoms with Crippen LogP contribution in [0.2, 0.25) is 5.02 Å². The quantitative estimate of drug-likeness (QED) is 0.699. The van der Waals surface area contributed by atoms with Gasteiger partial charge in [0.1, 0.15) is 0 Å². The molecule has 1 aromatic carbocycles. The average Bonchev–Trinajstić information content (AvgIpc) is 2.40. The van der Waals surface area contributed by atoms with E-state index >= 15 is 0 Å². The first-order valence-electron chi connectivity index (χ1n) is 6.15. The molecule has 110 valence electrons. The molecule has 0 saturated carbocycles. The lowest BCUT2D eigenvalue weighted by atomic mass is 10.2. The van der Waals surface area contributed by atoms with E-state index in [1.807, 2.05) is 6.92 Å². The average molecular weight is 317 g/mol. The maximum Gasteiger partial charge on any atom is 0.299 e. The van der Waals surface area contributed by atoms with E-state index in [1.165, 1.54) is 0 Å². The highest BCUT2D eigenvalue weighted by Crippen LogP contribution is 2.23. The summed E-state index contributed by atoms with van der Waals surface area (Å²) in [5.74, 6) is 5.58. The van der Waals surface area contributed by atoms with Crippen LogP contribution in [-0.2, 0) is 10.2 Å². The number of aliphatic hydroxyl groups is 1. The van der Waals surface area contributed by atoms with Crippen LogP contribution < -0.4 is 9.44 Å². The van der Waals surface area contributed by atoms with Gasteiger partial charge >= 0.3 is 0 Å². The highest BCUT2D eigenvalue weighted by molar-refractivity contribution is 7.90. The van der Waals surface area contributed by atoms with Crippen LogP contribution in [0.3, 0.4) is 0 Å². The van der Waals surface area contributed by atoms with Crippen molar-refractivity contribution in [3.63, 3.8) is 0 Å². The summed E-state index contributed by atoms with van der Waals surface area (Å²) in [6.07, 6.45) is 1.06. The summed E-state index contributed by atoms with van der Waals surface area (Å²) in [7, 11) is -3.63. The predicted octanol–water partition coefficient (Wildman–Crippen LogP) is 1.73. The fourth-order valence-corrected chi connectivity index (χ4v) is 2.54. The van der Waals surface area contributed by atoms with Gasteiger partial charge in [0.2, 0.25) is 0 Å². The molecule has 20 heavy (non-hydrogen) atoms. The van der Waals surface area contributed by atoms with Crippen LogP contribution in [0.1, 0.15) is 25.3 Å². The third-order valence-electron chi connectivity index (χ3n) is 2.22. The summed E-state index contributed by atoms with van der Waals surface area (Å²) in [6.45, 7) is 2.21. The molecule has 3 N–H and O–H groups in total. The Hall–Kier alpha value is -1.26. The molecular formula is C13H17ClN2O3S. The zero-order valence-corrected chi connectivity index (χ0v) is 12.7. The zero-order valence-electron chi connectivity index (χ0n) is 11.1. The van der Waals surface area contributed by atoms with Gasteiger partial charge < -0.3 is 5.11 Å². The molecule has 1 rings (SSSR count). The van der Waals surface area contributed by atoms with Crippen molar-refractivity contribution >= 4 is 27.5 Å². The van der Waals surface area contributed by atoms with Crippen molar-refractivity contribution in [3.05, 3.63) is 28.8 Å². The molecule has 0 aliphatic rings. The summed E-state index contributed by atoms with van der Waals surface area (Å²) < 4.78 is 28.2. The third kappa shape index (κ3) is 5.80. The van der Waals surface area contributed by atoms with Gasteiger partial charge in [0.15, 0.2) is 0 Å². The molecule has 0 saturated heterocycles. The molecule has 0 unspecified atom stereocenters. The Kier molecular flexibility index (Phi) is 6.82. The molecule has 0 amide bonds. The summed E-state index contributed by atoms with van der Waals surface area (Å²) in [4.78, 5) is 0. The molecule has 7 heteroatoms. The molecular weight excluding hydrogens is 300 g/mol. The van der Waals surface area contributed by atoms with Gasteiger partial charge in [0, 0.05) is 18.5 Å². The molecule has 0 bridgehead atoms. The van der Waals surface area contributed by atoms with E-state index in [0.717, 1.165) is 0 Å². The van der Waals surface area contributed by atoms with Gasteiger partial charge in [-0.3, -0.25) is 4.72 Å². The van der Waals surface area contributed by atoms with Gasteiger partial charge in [-0.25, -0.2) is 0 Å². The topological polar surface area (TPSA) is 78.4 Å². The number of hydrogen-bond donors (Lipinski definition) is 3. The molecule has 0 radical (unpaired) electrons. The van der Waals surface area contributed by atoms with E-state index in [1.54, 1.807) is 18.2 Å². The molecule has 0 spiro atoms. The largest absolute Gasteiger partial charge is 0.395 e. The zero-order chi connectivity index (χ0) is 15.0. The number of benzene rings is 1. The van der Waals surface area contributed by atoms with E-state index in [9.17, 15) is 8.42 Å². The van der Waals surface area contributed by atoms with Crippen molar-refractivity contribution in [3.8, 4) is 11.8 Å². The maximum absolute atomic E-state index is 11.7. The Balaban J connectivity index is 2.90. The Morgan fingerprint density at radius 2 is 2.15 bits per heavy atom. The molecule has 1 aromatic rings. The highest BCUT2D eigenvalue weighted by Gasteiger charge is 2.11. The molecule has 5 nitrogen and oxygen atoms in total. The monoisotopic (exact) mass is 316 g/mol. The standard InChI is InChI=1S/C13H17ClN2O3S/c1-2-8-15-20(18,19)16-13-10-11(5-3-4-9-17)6-7-12(13)14/h6-7,10,15-17H,2,4,8-9H2,1H3. The van der Waals surface area contributed by atoms with Gasteiger partial charge in [-0.1, -0.05) is 30.4 Å². The van der Waals surface area contributed by atoms with E-state index in [0.29, 0.717) is 30.0 Å². The minimum atomic E-state index is -3.63. The first kappa shape index (κ1) is 16.8. The van der Waals surface area contributed by atoms with Crippen molar-refractivity contribution in [1.29, 1.82) is 0 Å². The summed E-state index contributed by atoms with van der Waals surface area (Å²) in [5, 5.41) is 8.95. The second-order valence-electron chi connectivity index (χ2n) is 3.97. The lowest BCUT2D eigenvalue weighted by Gasteiger charge is -2.10. The highest BCUT2D eigenvalue weighted by atomic mass is 35.5. The molecule has 0 fully saturated rings. The van der Waals surface area contributed by atoms with Gasteiger partial charge in [0.05, 0.1) is 17.3 Å². The number of rotatable bonds is 6. The second kappa shape index (κ2) is 8.12. The lowest BCUT2D eigenvalue weighted by Crippen LogP contribution is -2.30. The van der Waals surface area contributed by atoms with Gasteiger partial charge in [-0.2, -0.15) is 13.1 Å². The number of anilines is 1. The fourth-order valence-electron chi connectivity index (χ4n) is 1.32. The first-order valence-corrected chi connectivity index (χ1v) is 8.01. The normalized spacial score (nSPS) is 10.8. The summed E-state index contributed by atoms with van der Waals surface area (Å²) >= 11 is 5.95. The SMILES string of the molecule is CCCNS(=O)(=O)Nc1cc(C#CCCO)ccc1Cl. The number of nitrogens with one attached hydrogen (secondary N) is 2. The Bertz CT molecular complexity index is 606. The van der Waals surface area contributed by atoms with Crippen LogP contribution in [0.5, 0.6) is 0 Å². The maximum atomic E-state index is 11.7. The second-order valence-corrected chi connectivity index (χ2v) is 5.88. The predicted molar refractivity (Wildman–Crippen MR) is 80.9 cm³/mol.